The minimum atomic E-state index is 0. The summed E-state index contributed by atoms with van der Waals surface area (Å²) >= 11 is 1.69. The van der Waals surface area contributed by atoms with Crippen LogP contribution in [0.3, 0.4) is 0 Å². The minimum absolute atomic E-state index is 0. The average Bonchev–Trinajstić information content (AvgIpc) is 1.00. The Bertz CT molecular complexity index is 11.6. The van der Waals surface area contributed by atoms with Crippen LogP contribution in [0.15, 0.2) is 0 Å². The molecule has 0 aliphatic heterocycles. The van der Waals surface area contributed by atoms with Gasteiger partial charge in [-0.25, -0.2) is 0 Å². The first-order chi connectivity index (χ1) is 1.00. The Labute approximate surface area is 73.3 Å². The van der Waals surface area contributed by atoms with E-state index in [1.165, 1.54) is 0 Å². The van der Waals surface area contributed by atoms with Crippen LogP contribution in [0.4, 0.5) is 0 Å². The first-order valence-corrected chi connectivity index (χ1v) is 0.636. The van der Waals surface area contributed by atoms with Gasteiger partial charge in [-0.3, -0.25) is 0 Å². The van der Waals surface area contributed by atoms with Crippen molar-refractivity contribution in [2.24, 2.45) is 0 Å². The van der Waals surface area contributed by atoms with E-state index in [9.17, 15) is 0 Å². The van der Waals surface area contributed by atoms with Crippen molar-refractivity contribution in [3.8, 4) is 0 Å². The predicted octanol–water partition coefficient (Wildman–Crippen LogP) is -0.775. The number of hydrogen-bond donors (Lipinski definition) is 0. The van der Waals surface area contributed by atoms with Crippen molar-refractivity contribution >= 4 is 18.9 Å². The maximum Gasteiger partial charge on any atom is 0 e. The van der Waals surface area contributed by atoms with E-state index in [1.807, 2.05) is 0 Å². The van der Waals surface area contributed by atoms with Gasteiger partial charge in [0.2, 0.25) is 0 Å². The zero-order valence-electron chi connectivity index (χ0n) is 1.57. The van der Waals surface area contributed by atoms with E-state index in [4.69, 9.17) is 3.83 Å². The third-order valence-electron chi connectivity index (χ3n) is 0. The molecule has 2 radical (unpaired) electrons. The standard InChI is InChI=1S/Co.Li.Mn.O.V.H. The third-order valence-corrected chi connectivity index (χ3v) is 0. The number of rotatable bonds is 0. The van der Waals surface area contributed by atoms with Gasteiger partial charge in [-0.1, -0.05) is 0 Å². The summed E-state index contributed by atoms with van der Waals surface area (Å²) in [5, 5.41) is 0. The predicted molar refractivity (Wildman–Crippen MR) is 7.84 cm³/mol. The molecule has 0 unspecified atom stereocenters. The molecule has 0 aromatic carbocycles. The Balaban J connectivity index is -0.00000000167. The van der Waals surface area contributed by atoms with Crippen molar-refractivity contribution in [1.29, 1.82) is 0 Å². The molecule has 0 saturated carbocycles. The van der Waals surface area contributed by atoms with Crippen molar-refractivity contribution in [2.75, 3.05) is 0 Å². The topological polar surface area (TPSA) is 17.1 Å². The normalized spacial score (nSPS) is 0.800. The van der Waals surface area contributed by atoms with E-state index in [0.29, 0.717) is 0 Å². The van der Waals surface area contributed by atoms with E-state index in [1.54, 1.807) is 15.9 Å². The van der Waals surface area contributed by atoms with Crippen LogP contribution in [-0.4, -0.2) is 18.9 Å². The summed E-state index contributed by atoms with van der Waals surface area (Å²) in [7, 11) is 0. The molecule has 5 heavy (non-hydrogen) atoms. The van der Waals surface area contributed by atoms with Crippen LogP contribution < -0.4 is 0 Å². The summed E-state index contributed by atoms with van der Waals surface area (Å²) in [4.78, 5) is 0. The molecule has 0 N–H and O–H groups in total. The minimum Gasteiger partial charge on any atom is 0 e. The van der Waals surface area contributed by atoms with Gasteiger partial charge in [0.15, 0.2) is 0 Å². The molecule has 0 heterocycles. The molecule has 0 aliphatic carbocycles. The summed E-state index contributed by atoms with van der Waals surface area (Å²) in [5.41, 5.74) is 0. The molecule has 0 atom stereocenters. The first-order valence-electron chi connectivity index (χ1n) is 0.154. The van der Waals surface area contributed by atoms with E-state index < -0.39 is 0 Å². The second-order valence-corrected chi connectivity index (χ2v) is 0. The van der Waals surface area contributed by atoms with Gasteiger partial charge in [0.05, 0.1) is 0 Å². The Morgan fingerprint density at radius 1 is 1.20 bits per heavy atom. The second-order valence-electron chi connectivity index (χ2n) is 0. The SMILES string of the molecule is [Co].[LiH].[O]=[Mn].[V]. The van der Waals surface area contributed by atoms with Gasteiger partial charge < -0.3 is 0 Å². The van der Waals surface area contributed by atoms with Crippen LogP contribution in [0.25, 0.3) is 0 Å². The van der Waals surface area contributed by atoms with Crippen LogP contribution in [0.2, 0.25) is 0 Å². The Morgan fingerprint density at radius 3 is 1.20 bits per heavy atom. The molecule has 0 aromatic rings. The van der Waals surface area contributed by atoms with Gasteiger partial charge in [-0.15, -0.1) is 0 Å². The fourth-order valence-electron chi connectivity index (χ4n) is 0. The van der Waals surface area contributed by atoms with Gasteiger partial charge in [0, 0.05) is 35.3 Å². The molecule has 0 fully saturated rings. The van der Waals surface area contributed by atoms with Crippen molar-refractivity contribution in [1.82, 2.24) is 0 Å². The third kappa shape index (κ3) is 23.9. The van der Waals surface area contributed by atoms with Crippen LogP contribution in [-0.2, 0) is 55.1 Å². The fraction of sp³-hybridized carbons (Fsp3) is 0. The molecule has 0 saturated heterocycles. The maximum atomic E-state index is 8.06. The van der Waals surface area contributed by atoms with Gasteiger partial charge in [0.1, 0.15) is 0 Å². The Morgan fingerprint density at radius 2 is 1.20 bits per heavy atom. The average molecular weight is 189 g/mol. The Hall–Kier alpha value is 2.01. The van der Waals surface area contributed by atoms with Crippen molar-refractivity contribution in [3.05, 3.63) is 0 Å². The van der Waals surface area contributed by atoms with Crippen LogP contribution in [0, 0.1) is 0 Å². The number of hydrogen-bond acceptors (Lipinski definition) is 1. The van der Waals surface area contributed by atoms with Crippen LogP contribution in [0.1, 0.15) is 0 Å². The van der Waals surface area contributed by atoms with E-state index in [2.05, 4.69) is 0 Å². The van der Waals surface area contributed by atoms with E-state index in [0.717, 1.165) is 0 Å². The fourth-order valence-corrected chi connectivity index (χ4v) is 0. The molecule has 0 bridgehead atoms. The summed E-state index contributed by atoms with van der Waals surface area (Å²) in [5.74, 6) is 0. The second kappa shape index (κ2) is 37.4. The van der Waals surface area contributed by atoms with E-state index in [-0.39, 0.29) is 54.2 Å². The molecule has 0 aliphatic rings. The molecular formula is HCoLiMnOV. The summed E-state index contributed by atoms with van der Waals surface area (Å²) in [6, 6.07) is 0. The van der Waals surface area contributed by atoms with E-state index >= 15 is 0 Å². The van der Waals surface area contributed by atoms with Crippen molar-refractivity contribution in [2.45, 2.75) is 0 Å². The van der Waals surface area contributed by atoms with Gasteiger partial charge >= 0.3 is 38.6 Å². The molecular weight excluding hydrogens is 188 g/mol. The molecule has 1 nitrogen and oxygen atoms in total. The monoisotopic (exact) mass is 189 g/mol. The summed E-state index contributed by atoms with van der Waals surface area (Å²) in [6.45, 7) is 0. The quantitative estimate of drug-likeness (QED) is 0.457. The summed E-state index contributed by atoms with van der Waals surface area (Å²) in [6.07, 6.45) is 0. The van der Waals surface area contributed by atoms with Gasteiger partial charge in [0.25, 0.3) is 0 Å². The molecule has 0 rings (SSSR count). The molecule has 0 aromatic heterocycles. The molecule has 29 valence electrons. The van der Waals surface area contributed by atoms with Gasteiger partial charge in [-0.2, -0.15) is 0 Å². The van der Waals surface area contributed by atoms with Crippen molar-refractivity contribution in [3.63, 3.8) is 0 Å². The largest absolute Gasteiger partial charge is 0 e. The van der Waals surface area contributed by atoms with Crippen molar-refractivity contribution < 1.29 is 55.1 Å². The Kier molecular flexibility index (Phi) is 209. The summed E-state index contributed by atoms with van der Waals surface area (Å²) < 4.78 is 8.06. The molecule has 0 spiro atoms. The zero-order chi connectivity index (χ0) is 2.00. The first kappa shape index (κ1) is 28.0. The van der Waals surface area contributed by atoms with Gasteiger partial charge in [-0.05, 0) is 0 Å². The maximum absolute atomic E-state index is 8.06. The molecule has 5 heteroatoms. The smallest absolute Gasteiger partial charge is 0 e. The zero-order valence-corrected chi connectivity index (χ0v) is 5.18. The molecule has 0 amide bonds. The van der Waals surface area contributed by atoms with Crippen LogP contribution >= 0.6 is 0 Å². The van der Waals surface area contributed by atoms with Crippen LogP contribution in [0.5, 0.6) is 0 Å².